The summed E-state index contributed by atoms with van der Waals surface area (Å²) in [6.45, 7) is 8.98. The Bertz CT molecular complexity index is 1730. The number of Topliss-reactive ketones (excluding diaryl/α,β-unsaturated/α-hetero) is 1. The molecule has 0 saturated heterocycles. The van der Waals surface area contributed by atoms with Gasteiger partial charge in [-0.15, -0.1) is 0 Å². The molecule has 0 saturated carbocycles. The molecule has 5 rings (SSSR count). The van der Waals surface area contributed by atoms with Gasteiger partial charge in [0.15, 0.2) is 5.76 Å². The van der Waals surface area contributed by atoms with Crippen LogP contribution in [0.15, 0.2) is 65.3 Å². The highest BCUT2D eigenvalue weighted by atomic mass is 35.5. The van der Waals surface area contributed by atoms with Crippen LogP contribution in [0.25, 0.3) is 44.6 Å². The minimum absolute atomic E-state index is 0.0598. The van der Waals surface area contributed by atoms with Crippen molar-refractivity contribution in [2.75, 3.05) is 5.32 Å². The zero-order valence-corrected chi connectivity index (χ0v) is 24.2. The number of H-pyrrole nitrogens is 1. The van der Waals surface area contributed by atoms with E-state index in [9.17, 15) is 9.59 Å². The summed E-state index contributed by atoms with van der Waals surface area (Å²) < 4.78 is 6.11. The lowest BCUT2D eigenvalue weighted by atomic mass is 9.88. The van der Waals surface area contributed by atoms with E-state index in [0.29, 0.717) is 32.4 Å². The van der Waals surface area contributed by atoms with Gasteiger partial charge in [0.25, 0.3) is 0 Å². The molecule has 9 heteroatoms. The number of furan rings is 1. The standard InChI is InChI=1S/C31H28Cl2N4O3/c1-16(2)29(39)36-26-23-13-22(17-6-9-20(32)10-7-17)25(37-30(23)40-27(26)28(38)31(3,4)5)21-11-8-18(12-24(21)33)19-14-34-35-15-19/h6-16H,1-5H3,(H,34,35)(H,36,39). The summed E-state index contributed by atoms with van der Waals surface area (Å²) in [6, 6.07) is 14.9. The Hall–Kier alpha value is -3.94. The number of rotatable bonds is 6. The van der Waals surface area contributed by atoms with E-state index in [-0.39, 0.29) is 29.1 Å². The van der Waals surface area contributed by atoms with E-state index in [2.05, 4.69) is 15.5 Å². The molecule has 204 valence electrons. The third-order valence-electron chi connectivity index (χ3n) is 6.55. The number of hydrogen-bond acceptors (Lipinski definition) is 5. The van der Waals surface area contributed by atoms with Crippen molar-refractivity contribution >= 4 is 51.7 Å². The summed E-state index contributed by atoms with van der Waals surface area (Å²) in [7, 11) is 0. The van der Waals surface area contributed by atoms with Crippen LogP contribution in [0, 0.1) is 11.3 Å². The second kappa shape index (κ2) is 10.6. The van der Waals surface area contributed by atoms with Crippen LogP contribution < -0.4 is 5.32 Å². The molecule has 2 N–H and O–H groups in total. The summed E-state index contributed by atoms with van der Waals surface area (Å²) in [4.78, 5) is 31.1. The minimum atomic E-state index is -0.751. The zero-order valence-electron chi connectivity index (χ0n) is 22.7. The number of anilines is 1. The minimum Gasteiger partial charge on any atom is -0.432 e. The fourth-order valence-electron chi connectivity index (χ4n) is 4.27. The van der Waals surface area contributed by atoms with E-state index in [4.69, 9.17) is 32.6 Å². The van der Waals surface area contributed by atoms with E-state index in [1.165, 1.54) is 0 Å². The second-order valence-corrected chi connectivity index (χ2v) is 11.8. The number of pyridine rings is 1. The third-order valence-corrected chi connectivity index (χ3v) is 7.12. The number of nitrogens with one attached hydrogen (secondary N) is 2. The van der Waals surface area contributed by atoms with E-state index >= 15 is 0 Å². The largest absolute Gasteiger partial charge is 0.432 e. The number of ketones is 1. The van der Waals surface area contributed by atoms with Crippen molar-refractivity contribution in [3.05, 3.63) is 76.7 Å². The van der Waals surface area contributed by atoms with Crippen LogP contribution in [0.4, 0.5) is 5.69 Å². The average Bonchev–Trinajstić information content (AvgIpc) is 3.56. The highest BCUT2D eigenvalue weighted by molar-refractivity contribution is 6.34. The number of aromatic nitrogens is 3. The van der Waals surface area contributed by atoms with E-state index in [1.54, 1.807) is 59.1 Å². The molecule has 0 radical (unpaired) electrons. The first kappa shape index (κ1) is 27.6. The molecular formula is C31H28Cl2N4O3. The van der Waals surface area contributed by atoms with Crippen molar-refractivity contribution in [1.82, 2.24) is 15.2 Å². The third kappa shape index (κ3) is 5.27. The maximum Gasteiger partial charge on any atom is 0.229 e. The molecule has 40 heavy (non-hydrogen) atoms. The van der Waals surface area contributed by atoms with Crippen molar-refractivity contribution in [2.45, 2.75) is 34.6 Å². The zero-order chi connectivity index (χ0) is 28.8. The molecule has 2 aromatic carbocycles. The number of halogens is 2. The summed E-state index contributed by atoms with van der Waals surface area (Å²) in [6.07, 6.45) is 3.51. The number of carbonyl (C=O) groups excluding carboxylic acids is 2. The van der Waals surface area contributed by atoms with Crippen molar-refractivity contribution in [3.63, 3.8) is 0 Å². The van der Waals surface area contributed by atoms with Crippen molar-refractivity contribution < 1.29 is 14.0 Å². The van der Waals surface area contributed by atoms with Crippen LogP contribution >= 0.6 is 23.2 Å². The summed E-state index contributed by atoms with van der Waals surface area (Å²) in [5.74, 6) is -0.732. The highest BCUT2D eigenvalue weighted by Crippen LogP contribution is 2.42. The van der Waals surface area contributed by atoms with Gasteiger partial charge in [-0.25, -0.2) is 4.98 Å². The summed E-state index contributed by atoms with van der Waals surface area (Å²) >= 11 is 13.0. The molecule has 0 bridgehead atoms. The first-order valence-corrected chi connectivity index (χ1v) is 13.6. The van der Waals surface area contributed by atoms with Gasteiger partial charge in [0, 0.05) is 39.2 Å². The first-order valence-electron chi connectivity index (χ1n) is 12.8. The monoisotopic (exact) mass is 574 g/mol. The van der Waals surface area contributed by atoms with Crippen molar-refractivity contribution in [2.24, 2.45) is 11.3 Å². The SMILES string of the molecule is CC(C)C(=O)Nc1c(C(=O)C(C)(C)C)oc2nc(-c3ccc(-c4cn[nH]c4)cc3Cl)c(-c3ccc(Cl)cc3)cc12. The topological polar surface area (TPSA) is 101 Å². The maximum absolute atomic E-state index is 13.4. The Morgan fingerprint density at radius 3 is 2.25 bits per heavy atom. The fourth-order valence-corrected chi connectivity index (χ4v) is 4.66. The van der Waals surface area contributed by atoms with Crippen LogP contribution in [0.2, 0.25) is 10.0 Å². The van der Waals surface area contributed by atoms with Crippen LogP contribution in [0.5, 0.6) is 0 Å². The molecule has 5 aromatic rings. The number of aromatic amines is 1. The summed E-state index contributed by atoms with van der Waals surface area (Å²) in [5.41, 5.74) is 4.37. The molecule has 0 unspecified atom stereocenters. The molecular weight excluding hydrogens is 547 g/mol. The lowest BCUT2D eigenvalue weighted by molar-refractivity contribution is -0.118. The van der Waals surface area contributed by atoms with Gasteiger partial charge in [-0.05, 0) is 35.4 Å². The number of nitrogens with zero attached hydrogens (tertiary/aromatic N) is 2. The number of benzene rings is 2. The van der Waals surface area contributed by atoms with E-state index < -0.39 is 5.41 Å². The van der Waals surface area contributed by atoms with Crippen LogP contribution in [0.3, 0.4) is 0 Å². The molecule has 0 aliphatic heterocycles. The Morgan fingerprint density at radius 1 is 0.950 bits per heavy atom. The van der Waals surface area contributed by atoms with Gasteiger partial charge in [0.1, 0.15) is 5.69 Å². The van der Waals surface area contributed by atoms with E-state index in [1.807, 2.05) is 36.4 Å². The lowest BCUT2D eigenvalue weighted by Gasteiger charge is -2.16. The smallest absolute Gasteiger partial charge is 0.229 e. The quantitative estimate of drug-likeness (QED) is 0.197. The van der Waals surface area contributed by atoms with Crippen LogP contribution in [0.1, 0.15) is 45.2 Å². The number of amides is 1. The molecule has 0 atom stereocenters. The van der Waals surface area contributed by atoms with Crippen LogP contribution in [-0.2, 0) is 4.79 Å². The Kier molecular flexibility index (Phi) is 7.29. The lowest BCUT2D eigenvalue weighted by Crippen LogP contribution is -2.23. The van der Waals surface area contributed by atoms with Gasteiger partial charge < -0.3 is 9.73 Å². The van der Waals surface area contributed by atoms with Crippen LogP contribution in [-0.4, -0.2) is 26.9 Å². The fraction of sp³-hybridized carbons (Fsp3) is 0.226. The number of fused-ring (bicyclic) bond motifs is 1. The average molecular weight is 575 g/mol. The van der Waals surface area contributed by atoms with Gasteiger partial charge in [0.05, 0.1) is 22.3 Å². The molecule has 1 amide bonds. The highest BCUT2D eigenvalue weighted by Gasteiger charge is 2.32. The second-order valence-electron chi connectivity index (χ2n) is 11.0. The van der Waals surface area contributed by atoms with E-state index in [0.717, 1.165) is 22.3 Å². The number of hydrogen-bond donors (Lipinski definition) is 2. The van der Waals surface area contributed by atoms with Gasteiger partial charge in [-0.2, -0.15) is 5.10 Å². The predicted octanol–water partition coefficient (Wildman–Crippen LogP) is 8.68. The van der Waals surface area contributed by atoms with Gasteiger partial charge in [-0.3, -0.25) is 14.7 Å². The van der Waals surface area contributed by atoms with Gasteiger partial charge >= 0.3 is 0 Å². The van der Waals surface area contributed by atoms with Crippen molar-refractivity contribution in [1.29, 1.82) is 0 Å². The first-order chi connectivity index (χ1) is 18.9. The summed E-state index contributed by atoms with van der Waals surface area (Å²) in [5, 5.41) is 11.3. The Balaban J connectivity index is 1.78. The molecule has 0 spiro atoms. The van der Waals surface area contributed by atoms with Gasteiger partial charge in [0.2, 0.25) is 17.4 Å². The predicted molar refractivity (Wildman–Crippen MR) is 160 cm³/mol. The number of carbonyl (C=O) groups is 2. The molecule has 0 aliphatic carbocycles. The van der Waals surface area contributed by atoms with Gasteiger partial charge in [-0.1, -0.05) is 82.1 Å². The molecule has 0 fully saturated rings. The molecule has 3 aromatic heterocycles. The molecule has 3 heterocycles. The molecule has 7 nitrogen and oxygen atoms in total. The Labute approximate surface area is 241 Å². The normalized spacial score (nSPS) is 11.8. The maximum atomic E-state index is 13.4. The van der Waals surface area contributed by atoms with Crippen molar-refractivity contribution in [3.8, 4) is 33.5 Å². The molecule has 0 aliphatic rings. The Morgan fingerprint density at radius 2 is 1.65 bits per heavy atom.